The van der Waals surface area contributed by atoms with Crippen molar-refractivity contribution in [2.24, 2.45) is 5.41 Å². The molecule has 1 spiro atoms. The third-order valence-corrected chi connectivity index (χ3v) is 9.47. The Hall–Kier alpha value is -2.64. The number of thioether (sulfide) groups is 1. The average Bonchev–Trinajstić information content (AvgIpc) is 3.61. The van der Waals surface area contributed by atoms with Crippen LogP contribution in [-0.2, 0) is 10.0 Å². The molecule has 38 heavy (non-hydrogen) atoms. The molecule has 13 heteroatoms. The predicted molar refractivity (Wildman–Crippen MR) is 145 cm³/mol. The SMILES string of the molecule is CSc1ccc(NC(=O)c2ccc(NS(=O)(=O)CCO)cc2N2CCC3(CC2)CC3)nc1N1CC(F)(F)C1. The molecule has 0 bridgehead atoms. The van der Waals surface area contributed by atoms with E-state index in [2.05, 4.69) is 19.9 Å². The Bertz CT molecular complexity index is 1320. The molecule has 2 aromatic rings. The standard InChI is InChI=1S/C25H31F2N5O4S2/c1-37-20-4-5-21(28-22(20)32-15-25(26,27)16-32)29-23(34)18-3-2-17(30-38(35,36)13-12-33)14-19(18)31-10-8-24(6-7-24)9-11-31/h2-5,14,30,33H,6-13,15-16H2,1H3,(H,28,29,34). The van der Waals surface area contributed by atoms with Gasteiger partial charge in [0.05, 0.1) is 42.4 Å². The van der Waals surface area contributed by atoms with Gasteiger partial charge in [0.25, 0.3) is 11.8 Å². The third kappa shape index (κ3) is 5.84. The van der Waals surface area contributed by atoms with Crippen LogP contribution in [0.5, 0.6) is 0 Å². The zero-order valence-corrected chi connectivity index (χ0v) is 22.7. The Balaban J connectivity index is 1.40. The van der Waals surface area contributed by atoms with Gasteiger partial charge in [0.2, 0.25) is 10.0 Å². The van der Waals surface area contributed by atoms with Gasteiger partial charge in [-0.2, -0.15) is 0 Å². The minimum atomic E-state index is -3.74. The van der Waals surface area contributed by atoms with E-state index in [1.54, 1.807) is 24.3 Å². The summed E-state index contributed by atoms with van der Waals surface area (Å²) in [5, 5.41) is 11.9. The summed E-state index contributed by atoms with van der Waals surface area (Å²) in [4.78, 5) is 22.2. The molecule has 0 atom stereocenters. The number of halogens is 2. The largest absolute Gasteiger partial charge is 0.395 e. The molecule has 1 aliphatic carbocycles. The highest BCUT2D eigenvalue weighted by Gasteiger charge is 2.46. The first kappa shape index (κ1) is 26.9. The zero-order chi connectivity index (χ0) is 27.1. The summed E-state index contributed by atoms with van der Waals surface area (Å²) in [7, 11) is -3.74. The molecule has 1 aromatic heterocycles. The van der Waals surface area contributed by atoms with E-state index in [1.807, 2.05) is 6.26 Å². The van der Waals surface area contributed by atoms with Crippen molar-refractivity contribution in [1.29, 1.82) is 0 Å². The highest BCUT2D eigenvalue weighted by atomic mass is 32.2. The first-order valence-corrected chi connectivity index (χ1v) is 15.4. The second-order valence-corrected chi connectivity index (χ2v) is 12.9. The molecule has 1 aromatic carbocycles. The molecule has 3 N–H and O–H groups in total. The van der Waals surface area contributed by atoms with Crippen LogP contribution in [-0.4, -0.2) is 75.1 Å². The van der Waals surface area contributed by atoms with E-state index < -0.39 is 47.3 Å². The Morgan fingerprint density at radius 2 is 1.82 bits per heavy atom. The van der Waals surface area contributed by atoms with Crippen LogP contribution in [0.15, 0.2) is 35.2 Å². The number of alkyl halides is 2. The van der Waals surface area contributed by atoms with Crippen LogP contribution in [0.25, 0.3) is 0 Å². The lowest BCUT2D eigenvalue weighted by molar-refractivity contribution is -0.0269. The van der Waals surface area contributed by atoms with E-state index in [0.717, 1.165) is 30.8 Å². The van der Waals surface area contributed by atoms with E-state index in [-0.39, 0.29) is 5.82 Å². The molecule has 3 fully saturated rings. The number of aliphatic hydroxyl groups is 1. The molecule has 206 valence electrons. The number of nitrogens with one attached hydrogen (secondary N) is 2. The van der Waals surface area contributed by atoms with Crippen molar-refractivity contribution >= 4 is 50.7 Å². The number of carbonyl (C=O) groups is 1. The number of piperidine rings is 1. The lowest BCUT2D eigenvalue weighted by Crippen LogP contribution is -2.56. The number of aliphatic hydroxyl groups excluding tert-OH is 1. The summed E-state index contributed by atoms with van der Waals surface area (Å²) in [6, 6.07) is 8.11. The maximum absolute atomic E-state index is 13.5. The predicted octanol–water partition coefficient (Wildman–Crippen LogP) is 3.63. The van der Waals surface area contributed by atoms with Crippen LogP contribution in [0, 0.1) is 5.41 Å². The van der Waals surface area contributed by atoms with Crippen molar-refractivity contribution in [2.45, 2.75) is 36.5 Å². The fourth-order valence-electron chi connectivity index (χ4n) is 5.03. The van der Waals surface area contributed by atoms with Gasteiger partial charge in [-0.25, -0.2) is 22.2 Å². The van der Waals surface area contributed by atoms with Gasteiger partial charge >= 0.3 is 0 Å². The molecule has 2 saturated heterocycles. The second kappa shape index (κ2) is 10.2. The molecule has 5 rings (SSSR count). The number of benzene rings is 1. The quantitative estimate of drug-likeness (QED) is 0.394. The zero-order valence-electron chi connectivity index (χ0n) is 21.0. The number of pyridine rings is 1. The van der Waals surface area contributed by atoms with Gasteiger partial charge in [0.1, 0.15) is 11.6 Å². The highest BCUT2D eigenvalue weighted by molar-refractivity contribution is 7.98. The molecule has 0 unspecified atom stereocenters. The van der Waals surface area contributed by atoms with E-state index >= 15 is 0 Å². The fraction of sp³-hybridized carbons (Fsp3) is 0.520. The van der Waals surface area contributed by atoms with Gasteiger partial charge in [-0.3, -0.25) is 9.52 Å². The summed E-state index contributed by atoms with van der Waals surface area (Å²) in [6.07, 6.45) is 6.30. The van der Waals surface area contributed by atoms with Crippen LogP contribution in [0.1, 0.15) is 36.0 Å². The normalized spacial score (nSPS) is 19.7. The van der Waals surface area contributed by atoms with E-state index in [4.69, 9.17) is 5.11 Å². The fourth-order valence-corrected chi connectivity index (χ4v) is 6.42. The minimum absolute atomic E-state index is 0.243. The molecule has 1 saturated carbocycles. The monoisotopic (exact) mass is 567 g/mol. The van der Waals surface area contributed by atoms with Crippen LogP contribution in [0.3, 0.4) is 0 Å². The lowest BCUT2D eigenvalue weighted by Gasteiger charge is -2.40. The summed E-state index contributed by atoms with van der Waals surface area (Å²) in [6.45, 7) is 0.164. The van der Waals surface area contributed by atoms with E-state index in [1.165, 1.54) is 35.6 Å². The number of hydrogen-bond acceptors (Lipinski definition) is 8. The van der Waals surface area contributed by atoms with Crippen LogP contribution < -0.4 is 19.8 Å². The average molecular weight is 568 g/mol. The Kier molecular flexibility index (Phi) is 7.20. The second-order valence-electron chi connectivity index (χ2n) is 10.3. The first-order valence-electron chi connectivity index (χ1n) is 12.5. The lowest BCUT2D eigenvalue weighted by atomic mass is 9.93. The van der Waals surface area contributed by atoms with Crippen molar-refractivity contribution in [3.05, 3.63) is 35.9 Å². The third-order valence-electron chi connectivity index (χ3n) is 7.44. The van der Waals surface area contributed by atoms with Crippen molar-refractivity contribution < 1.29 is 27.1 Å². The molecule has 9 nitrogen and oxygen atoms in total. The smallest absolute Gasteiger partial charge is 0.282 e. The minimum Gasteiger partial charge on any atom is -0.395 e. The molecule has 3 heterocycles. The Labute approximate surface area is 225 Å². The molecule has 3 aliphatic rings. The number of hydrogen-bond donors (Lipinski definition) is 3. The summed E-state index contributed by atoms with van der Waals surface area (Å²) in [5.74, 6) is -2.96. The number of amides is 1. The topological polar surface area (TPSA) is 115 Å². The van der Waals surface area contributed by atoms with Gasteiger partial charge in [-0.15, -0.1) is 11.8 Å². The number of anilines is 4. The maximum Gasteiger partial charge on any atom is 0.282 e. The van der Waals surface area contributed by atoms with Crippen molar-refractivity contribution in [1.82, 2.24) is 4.98 Å². The number of nitrogens with zero attached hydrogens (tertiary/aromatic N) is 3. The summed E-state index contributed by atoms with van der Waals surface area (Å²) < 4.78 is 53.9. The molecular weight excluding hydrogens is 536 g/mol. The summed E-state index contributed by atoms with van der Waals surface area (Å²) in [5.41, 5.74) is 1.67. The van der Waals surface area contributed by atoms with E-state index in [0.29, 0.717) is 28.2 Å². The first-order chi connectivity index (χ1) is 18.0. The molecule has 2 aliphatic heterocycles. The van der Waals surface area contributed by atoms with Crippen LogP contribution >= 0.6 is 11.8 Å². The highest BCUT2D eigenvalue weighted by Crippen LogP contribution is 2.54. The van der Waals surface area contributed by atoms with E-state index in [9.17, 15) is 22.0 Å². The maximum atomic E-state index is 13.5. The summed E-state index contributed by atoms with van der Waals surface area (Å²) >= 11 is 1.39. The van der Waals surface area contributed by atoms with Gasteiger partial charge in [0.15, 0.2) is 0 Å². The van der Waals surface area contributed by atoms with Crippen LogP contribution in [0.4, 0.5) is 31.8 Å². The van der Waals surface area contributed by atoms with Crippen molar-refractivity contribution in [3.8, 4) is 0 Å². The van der Waals surface area contributed by atoms with Crippen molar-refractivity contribution in [2.75, 3.05) is 64.6 Å². The number of sulfonamides is 1. The molecular formula is C25H31F2N5O4S2. The van der Waals surface area contributed by atoms with Crippen LogP contribution in [0.2, 0.25) is 0 Å². The number of rotatable bonds is 9. The molecule has 1 amide bonds. The Morgan fingerprint density at radius 3 is 2.42 bits per heavy atom. The van der Waals surface area contributed by atoms with Crippen molar-refractivity contribution in [3.63, 3.8) is 0 Å². The van der Waals surface area contributed by atoms with Gasteiger partial charge in [0, 0.05) is 18.0 Å². The molecule has 0 radical (unpaired) electrons. The van der Waals surface area contributed by atoms with Gasteiger partial charge < -0.3 is 20.2 Å². The Morgan fingerprint density at radius 1 is 1.11 bits per heavy atom. The number of carbonyl (C=O) groups excluding carboxylic acids is 1. The number of aromatic nitrogens is 1. The van der Waals surface area contributed by atoms with Gasteiger partial charge in [-0.05, 0) is 67.7 Å². The van der Waals surface area contributed by atoms with Gasteiger partial charge in [-0.1, -0.05) is 0 Å².